The second-order valence-electron chi connectivity index (χ2n) is 3.79. The maximum absolute atomic E-state index is 11.3. The normalized spacial score (nSPS) is 10.2. The van der Waals surface area contributed by atoms with Crippen LogP contribution in [0.3, 0.4) is 0 Å². The fourth-order valence-electron chi connectivity index (χ4n) is 1.50. The predicted molar refractivity (Wildman–Crippen MR) is 72.5 cm³/mol. The van der Waals surface area contributed by atoms with Gasteiger partial charge in [0, 0.05) is 6.20 Å². The average Bonchev–Trinajstić information content (AvgIpc) is 2.86. The third-order valence-corrected chi connectivity index (χ3v) is 2.76. The van der Waals surface area contributed by atoms with Crippen molar-refractivity contribution in [3.8, 4) is 11.5 Å². The molecule has 0 aliphatic heterocycles. The summed E-state index contributed by atoms with van der Waals surface area (Å²) in [6, 6.07) is 7.08. The minimum absolute atomic E-state index is 0.0486. The van der Waals surface area contributed by atoms with Crippen molar-refractivity contribution in [2.75, 3.05) is 7.11 Å². The zero-order valence-corrected chi connectivity index (χ0v) is 11.4. The summed E-state index contributed by atoms with van der Waals surface area (Å²) < 4.78 is 11.9. The summed E-state index contributed by atoms with van der Waals surface area (Å²) in [4.78, 5) is 11.3. The molecule has 1 aromatic heterocycles. The third kappa shape index (κ3) is 3.19. The van der Waals surface area contributed by atoms with Gasteiger partial charge < -0.3 is 9.47 Å². The average molecular weight is 297 g/mol. The van der Waals surface area contributed by atoms with Crippen LogP contribution in [0.5, 0.6) is 11.5 Å². The van der Waals surface area contributed by atoms with Crippen LogP contribution < -0.4 is 20.7 Å². The lowest BCUT2D eigenvalue weighted by Crippen LogP contribution is -2.30. The Bertz CT molecular complexity index is 597. The van der Waals surface area contributed by atoms with E-state index in [9.17, 15) is 4.79 Å². The number of nitrogens with two attached hydrogens (primary N) is 1. The Hall–Kier alpha value is -2.25. The number of nitrogen functional groups attached to an aromatic ring is 1. The highest BCUT2D eigenvalue weighted by Crippen LogP contribution is 2.18. The number of carbonyl (C=O) groups excluding carboxylic acids is 1. The van der Waals surface area contributed by atoms with E-state index in [-0.39, 0.29) is 17.4 Å². The number of hydrogen-bond donors (Lipinski definition) is 2. The van der Waals surface area contributed by atoms with Crippen molar-refractivity contribution in [1.82, 2.24) is 15.2 Å². The number of hydrogen-bond acceptors (Lipinski definition) is 5. The molecule has 1 aromatic carbocycles. The van der Waals surface area contributed by atoms with Gasteiger partial charge in [0.25, 0.3) is 5.91 Å². The molecule has 0 radical (unpaired) electrons. The lowest BCUT2D eigenvalue weighted by atomic mass is 10.3. The molecule has 0 bridgehead atoms. The van der Waals surface area contributed by atoms with Gasteiger partial charge in [-0.1, -0.05) is 11.6 Å². The number of amides is 1. The SMILES string of the molecule is COc1ccc(OCn2cc(Cl)c(C(=O)NN)n2)cc1. The summed E-state index contributed by atoms with van der Waals surface area (Å²) in [5.41, 5.74) is 2.02. The number of hydrazine groups is 1. The molecule has 0 atom stereocenters. The van der Waals surface area contributed by atoms with Crippen molar-refractivity contribution >= 4 is 17.5 Å². The highest BCUT2D eigenvalue weighted by molar-refractivity contribution is 6.33. The molecule has 0 unspecified atom stereocenters. The topological polar surface area (TPSA) is 91.4 Å². The van der Waals surface area contributed by atoms with Crippen LogP contribution in [0.2, 0.25) is 5.02 Å². The van der Waals surface area contributed by atoms with E-state index in [2.05, 4.69) is 5.10 Å². The first-order chi connectivity index (χ1) is 9.63. The van der Waals surface area contributed by atoms with E-state index in [0.717, 1.165) is 5.75 Å². The van der Waals surface area contributed by atoms with E-state index in [1.165, 1.54) is 10.9 Å². The summed E-state index contributed by atoms with van der Waals surface area (Å²) in [6.45, 7) is 0.115. The van der Waals surface area contributed by atoms with Crippen LogP contribution >= 0.6 is 11.6 Å². The molecular weight excluding hydrogens is 284 g/mol. The molecule has 106 valence electrons. The zero-order chi connectivity index (χ0) is 14.5. The predicted octanol–water partition coefficient (Wildman–Crippen LogP) is 1.19. The number of benzene rings is 1. The lowest BCUT2D eigenvalue weighted by Gasteiger charge is -2.06. The molecular formula is C12H13ClN4O3. The fourth-order valence-corrected chi connectivity index (χ4v) is 1.73. The van der Waals surface area contributed by atoms with Crippen molar-refractivity contribution in [2.45, 2.75) is 6.73 Å². The van der Waals surface area contributed by atoms with Crippen LogP contribution in [-0.4, -0.2) is 22.8 Å². The van der Waals surface area contributed by atoms with Crippen molar-refractivity contribution < 1.29 is 14.3 Å². The van der Waals surface area contributed by atoms with E-state index in [4.69, 9.17) is 26.9 Å². The molecule has 3 N–H and O–H groups in total. The largest absolute Gasteiger partial charge is 0.497 e. The fraction of sp³-hybridized carbons (Fsp3) is 0.167. The molecule has 8 heteroatoms. The smallest absolute Gasteiger partial charge is 0.287 e. The second kappa shape index (κ2) is 6.27. The van der Waals surface area contributed by atoms with Crippen molar-refractivity contribution in [2.24, 2.45) is 5.84 Å². The standard InChI is InChI=1S/C12H13ClN4O3/c1-19-8-2-4-9(5-3-8)20-7-17-6-10(13)11(16-17)12(18)15-14/h2-6H,7,14H2,1H3,(H,15,18). The van der Waals surface area contributed by atoms with Gasteiger partial charge in [-0.05, 0) is 24.3 Å². The summed E-state index contributed by atoms with van der Waals surface area (Å²) in [5.74, 6) is 5.85. The van der Waals surface area contributed by atoms with Crippen LogP contribution in [0.4, 0.5) is 0 Å². The number of nitrogens with zero attached hydrogens (tertiary/aromatic N) is 2. The minimum atomic E-state index is -0.557. The number of nitrogens with one attached hydrogen (secondary N) is 1. The van der Waals surface area contributed by atoms with Crippen LogP contribution in [0.1, 0.15) is 10.5 Å². The number of aromatic nitrogens is 2. The monoisotopic (exact) mass is 296 g/mol. The zero-order valence-electron chi connectivity index (χ0n) is 10.7. The van der Waals surface area contributed by atoms with Crippen LogP contribution in [-0.2, 0) is 6.73 Å². The minimum Gasteiger partial charge on any atom is -0.497 e. The Balaban J connectivity index is 2.01. The van der Waals surface area contributed by atoms with Crippen LogP contribution in [0, 0.1) is 0 Å². The highest BCUT2D eigenvalue weighted by atomic mass is 35.5. The van der Waals surface area contributed by atoms with E-state index in [0.29, 0.717) is 5.75 Å². The Morgan fingerprint density at radius 3 is 2.65 bits per heavy atom. The van der Waals surface area contributed by atoms with Gasteiger partial charge >= 0.3 is 0 Å². The Labute approximate surface area is 120 Å². The number of carbonyl (C=O) groups is 1. The maximum Gasteiger partial charge on any atom is 0.287 e. The second-order valence-corrected chi connectivity index (χ2v) is 4.19. The summed E-state index contributed by atoms with van der Waals surface area (Å²) >= 11 is 5.87. The number of ether oxygens (including phenoxy) is 2. The first-order valence-electron chi connectivity index (χ1n) is 5.65. The van der Waals surface area contributed by atoms with Crippen LogP contribution in [0.25, 0.3) is 0 Å². The van der Waals surface area contributed by atoms with Gasteiger partial charge in [-0.3, -0.25) is 10.2 Å². The molecule has 0 aliphatic rings. The Morgan fingerprint density at radius 2 is 2.05 bits per heavy atom. The highest BCUT2D eigenvalue weighted by Gasteiger charge is 2.14. The van der Waals surface area contributed by atoms with Gasteiger partial charge in [0.1, 0.15) is 11.5 Å². The molecule has 2 aromatic rings. The van der Waals surface area contributed by atoms with Crippen molar-refractivity contribution in [1.29, 1.82) is 0 Å². The summed E-state index contributed by atoms with van der Waals surface area (Å²) in [6.07, 6.45) is 1.48. The quantitative estimate of drug-likeness (QED) is 0.491. The summed E-state index contributed by atoms with van der Waals surface area (Å²) in [7, 11) is 1.59. The van der Waals surface area contributed by atoms with Gasteiger partial charge in [0.15, 0.2) is 12.4 Å². The first-order valence-corrected chi connectivity index (χ1v) is 6.02. The number of rotatable bonds is 5. The van der Waals surface area contributed by atoms with Crippen LogP contribution in [0.15, 0.2) is 30.5 Å². The van der Waals surface area contributed by atoms with E-state index >= 15 is 0 Å². The third-order valence-electron chi connectivity index (χ3n) is 2.49. The summed E-state index contributed by atoms with van der Waals surface area (Å²) in [5, 5.41) is 4.17. The molecule has 0 saturated heterocycles. The molecule has 2 rings (SSSR count). The molecule has 20 heavy (non-hydrogen) atoms. The van der Waals surface area contributed by atoms with Gasteiger partial charge in [0.05, 0.1) is 12.1 Å². The van der Waals surface area contributed by atoms with E-state index in [1.807, 2.05) is 5.43 Å². The molecule has 7 nitrogen and oxygen atoms in total. The maximum atomic E-state index is 11.3. The van der Waals surface area contributed by atoms with Crippen molar-refractivity contribution in [3.63, 3.8) is 0 Å². The first kappa shape index (κ1) is 14.2. The van der Waals surface area contributed by atoms with Gasteiger partial charge in [0.2, 0.25) is 0 Å². The van der Waals surface area contributed by atoms with Gasteiger partial charge in [-0.25, -0.2) is 10.5 Å². The van der Waals surface area contributed by atoms with Gasteiger partial charge in [-0.15, -0.1) is 0 Å². The van der Waals surface area contributed by atoms with E-state index in [1.54, 1.807) is 31.4 Å². The van der Waals surface area contributed by atoms with Gasteiger partial charge in [-0.2, -0.15) is 5.10 Å². The molecule has 1 amide bonds. The molecule has 0 saturated carbocycles. The lowest BCUT2D eigenvalue weighted by molar-refractivity contribution is 0.0946. The molecule has 0 fully saturated rings. The Kier molecular flexibility index (Phi) is 4.44. The number of halogens is 1. The molecule has 1 heterocycles. The Morgan fingerprint density at radius 1 is 1.40 bits per heavy atom. The number of methoxy groups -OCH3 is 1. The van der Waals surface area contributed by atoms with E-state index < -0.39 is 5.91 Å². The van der Waals surface area contributed by atoms with Crippen molar-refractivity contribution in [3.05, 3.63) is 41.2 Å². The molecule has 0 spiro atoms. The molecule has 0 aliphatic carbocycles.